The minimum absolute atomic E-state index is 0.127. The largest absolute Gasteiger partial charge is 0.310 e. The quantitative estimate of drug-likeness (QED) is 0.885. The van der Waals surface area contributed by atoms with Gasteiger partial charge in [-0.25, -0.2) is 4.39 Å². The Morgan fingerprint density at radius 2 is 2.00 bits per heavy atom. The summed E-state index contributed by atoms with van der Waals surface area (Å²) in [5.41, 5.74) is 0.758. The van der Waals surface area contributed by atoms with Gasteiger partial charge in [0.25, 0.3) is 0 Å². The third-order valence-electron chi connectivity index (χ3n) is 3.20. The van der Waals surface area contributed by atoms with E-state index in [-0.39, 0.29) is 5.82 Å². The van der Waals surface area contributed by atoms with Gasteiger partial charge in [0.15, 0.2) is 0 Å². The number of hydrogen-bond acceptors (Lipinski definition) is 1. The van der Waals surface area contributed by atoms with Gasteiger partial charge in [-0.3, -0.25) is 0 Å². The second-order valence-electron chi connectivity index (χ2n) is 4.45. The summed E-state index contributed by atoms with van der Waals surface area (Å²) < 4.78 is 14.3. The van der Waals surface area contributed by atoms with E-state index in [4.69, 9.17) is 0 Å². The Bertz CT molecular complexity index is 348. The van der Waals surface area contributed by atoms with Crippen LogP contribution >= 0.6 is 15.9 Å². The van der Waals surface area contributed by atoms with Crippen LogP contribution in [0.25, 0.3) is 0 Å². The molecule has 16 heavy (non-hydrogen) atoms. The van der Waals surface area contributed by atoms with E-state index >= 15 is 0 Å². The Kier molecular flexibility index (Phi) is 4.36. The van der Waals surface area contributed by atoms with E-state index in [1.165, 1.54) is 38.2 Å². The molecule has 1 saturated carbocycles. The van der Waals surface area contributed by atoms with Crippen molar-refractivity contribution in [2.45, 2.75) is 44.7 Å². The molecule has 1 nitrogen and oxygen atoms in total. The molecule has 0 saturated heterocycles. The first-order valence-electron chi connectivity index (χ1n) is 5.93. The van der Waals surface area contributed by atoms with Gasteiger partial charge in [0.2, 0.25) is 0 Å². The summed E-state index contributed by atoms with van der Waals surface area (Å²) in [7, 11) is 0. The maximum Gasteiger partial charge on any atom is 0.128 e. The van der Waals surface area contributed by atoms with Gasteiger partial charge in [0.1, 0.15) is 5.82 Å². The van der Waals surface area contributed by atoms with Gasteiger partial charge in [0, 0.05) is 22.6 Å². The molecule has 1 N–H and O–H groups in total. The van der Waals surface area contributed by atoms with Crippen molar-refractivity contribution < 1.29 is 4.39 Å². The maximum atomic E-state index is 13.5. The van der Waals surface area contributed by atoms with Gasteiger partial charge in [0.05, 0.1) is 0 Å². The second kappa shape index (κ2) is 5.78. The first kappa shape index (κ1) is 12.1. The molecule has 88 valence electrons. The van der Waals surface area contributed by atoms with Crippen LogP contribution in [0.1, 0.15) is 37.7 Å². The normalized spacial score (nSPS) is 17.6. The Balaban J connectivity index is 1.88. The summed E-state index contributed by atoms with van der Waals surface area (Å²) in [6, 6.07) is 5.84. The highest BCUT2D eigenvalue weighted by atomic mass is 79.9. The Morgan fingerprint density at radius 1 is 1.25 bits per heavy atom. The maximum absolute atomic E-state index is 13.5. The first-order valence-corrected chi connectivity index (χ1v) is 6.72. The molecule has 0 spiro atoms. The first-order chi connectivity index (χ1) is 7.75. The number of rotatable bonds is 3. The second-order valence-corrected chi connectivity index (χ2v) is 5.37. The predicted molar refractivity (Wildman–Crippen MR) is 67.8 cm³/mol. The highest BCUT2D eigenvalue weighted by Crippen LogP contribution is 2.19. The number of benzene rings is 1. The molecule has 0 heterocycles. The van der Waals surface area contributed by atoms with Crippen LogP contribution in [0.5, 0.6) is 0 Å². The fraction of sp³-hybridized carbons (Fsp3) is 0.538. The van der Waals surface area contributed by atoms with Crippen LogP contribution in [0.4, 0.5) is 4.39 Å². The molecule has 0 bridgehead atoms. The van der Waals surface area contributed by atoms with Crippen molar-refractivity contribution in [1.82, 2.24) is 5.32 Å². The fourth-order valence-electron chi connectivity index (χ4n) is 2.23. The summed E-state index contributed by atoms with van der Waals surface area (Å²) in [5.74, 6) is -0.127. The Labute approximate surface area is 105 Å². The van der Waals surface area contributed by atoms with E-state index in [1.807, 2.05) is 12.1 Å². The lowest BCUT2D eigenvalue weighted by Gasteiger charge is -2.23. The minimum Gasteiger partial charge on any atom is -0.310 e. The van der Waals surface area contributed by atoms with Crippen molar-refractivity contribution in [2.24, 2.45) is 0 Å². The molecule has 1 aliphatic rings. The van der Waals surface area contributed by atoms with Crippen LogP contribution in [-0.4, -0.2) is 6.04 Å². The van der Waals surface area contributed by atoms with Crippen molar-refractivity contribution in [3.63, 3.8) is 0 Å². The third kappa shape index (κ3) is 3.29. The van der Waals surface area contributed by atoms with E-state index in [2.05, 4.69) is 21.2 Å². The third-order valence-corrected chi connectivity index (χ3v) is 3.69. The lowest BCUT2D eigenvalue weighted by Crippen LogP contribution is -2.30. The molecule has 0 amide bonds. The zero-order valence-corrected chi connectivity index (χ0v) is 10.9. The van der Waals surface area contributed by atoms with Crippen LogP contribution in [-0.2, 0) is 6.54 Å². The Morgan fingerprint density at radius 3 is 2.69 bits per heavy atom. The molecule has 0 radical (unpaired) electrons. The molecule has 0 unspecified atom stereocenters. The van der Waals surface area contributed by atoms with E-state index in [0.29, 0.717) is 12.6 Å². The summed E-state index contributed by atoms with van der Waals surface area (Å²) in [6.45, 7) is 0.643. The number of hydrogen-bond donors (Lipinski definition) is 1. The lowest BCUT2D eigenvalue weighted by molar-refractivity contribution is 0.370. The van der Waals surface area contributed by atoms with Crippen molar-refractivity contribution in [1.29, 1.82) is 0 Å². The molecule has 1 aromatic carbocycles. The van der Waals surface area contributed by atoms with Gasteiger partial charge in [-0.15, -0.1) is 0 Å². The average molecular weight is 286 g/mol. The van der Waals surface area contributed by atoms with Crippen LogP contribution in [0, 0.1) is 5.82 Å². The van der Waals surface area contributed by atoms with Crippen LogP contribution in [0.3, 0.4) is 0 Å². The van der Waals surface area contributed by atoms with Gasteiger partial charge in [-0.05, 0) is 25.0 Å². The summed E-state index contributed by atoms with van der Waals surface area (Å²) in [6.07, 6.45) is 6.43. The van der Waals surface area contributed by atoms with E-state index in [0.717, 1.165) is 10.0 Å². The van der Waals surface area contributed by atoms with Crippen molar-refractivity contribution in [3.8, 4) is 0 Å². The van der Waals surface area contributed by atoms with E-state index in [9.17, 15) is 4.39 Å². The highest BCUT2D eigenvalue weighted by molar-refractivity contribution is 9.10. The molecule has 0 aromatic heterocycles. The van der Waals surface area contributed by atoms with Crippen LogP contribution in [0.2, 0.25) is 0 Å². The summed E-state index contributed by atoms with van der Waals surface area (Å²) in [4.78, 5) is 0. The number of halogens is 2. The van der Waals surface area contributed by atoms with Crippen LogP contribution in [0.15, 0.2) is 22.7 Å². The number of nitrogens with one attached hydrogen (secondary N) is 1. The van der Waals surface area contributed by atoms with E-state index in [1.54, 1.807) is 0 Å². The Hall–Kier alpha value is -0.410. The highest BCUT2D eigenvalue weighted by Gasteiger charge is 2.13. The van der Waals surface area contributed by atoms with Crippen LogP contribution < -0.4 is 5.32 Å². The predicted octanol–water partition coefficient (Wildman–Crippen LogP) is 4.01. The summed E-state index contributed by atoms with van der Waals surface area (Å²) in [5, 5.41) is 3.44. The van der Waals surface area contributed by atoms with Crippen molar-refractivity contribution in [3.05, 3.63) is 34.1 Å². The summed E-state index contributed by atoms with van der Waals surface area (Å²) >= 11 is 3.26. The topological polar surface area (TPSA) is 12.0 Å². The minimum atomic E-state index is -0.127. The SMILES string of the molecule is Fc1cc(Br)ccc1CNC1CCCCC1. The molecule has 1 aromatic rings. The lowest BCUT2D eigenvalue weighted by atomic mass is 9.95. The molecule has 1 fully saturated rings. The smallest absolute Gasteiger partial charge is 0.128 e. The van der Waals surface area contributed by atoms with E-state index < -0.39 is 0 Å². The van der Waals surface area contributed by atoms with Gasteiger partial charge >= 0.3 is 0 Å². The van der Waals surface area contributed by atoms with Gasteiger partial charge in [-0.1, -0.05) is 41.3 Å². The molecule has 0 aliphatic heterocycles. The monoisotopic (exact) mass is 285 g/mol. The average Bonchev–Trinajstić information content (AvgIpc) is 2.29. The van der Waals surface area contributed by atoms with Crippen molar-refractivity contribution >= 4 is 15.9 Å². The molecule has 2 rings (SSSR count). The van der Waals surface area contributed by atoms with Gasteiger partial charge < -0.3 is 5.32 Å². The fourth-order valence-corrected chi connectivity index (χ4v) is 2.56. The zero-order chi connectivity index (χ0) is 11.4. The molecule has 1 aliphatic carbocycles. The molecule has 3 heteroatoms. The molecular formula is C13H17BrFN. The molecule has 0 atom stereocenters. The van der Waals surface area contributed by atoms with Crippen molar-refractivity contribution in [2.75, 3.05) is 0 Å². The van der Waals surface area contributed by atoms with Gasteiger partial charge in [-0.2, -0.15) is 0 Å². The zero-order valence-electron chi connectivity index (χ0n) is 9.31. The molecular weight excluding hydrogens is 269 g/mol. The standard InChI is InChI=1S/C13H17BrFN/c14-11-7-6-10(13(15)8-11)9-16-12-4-2-1-3-5-12/h6-8,12,16H,1-5,9H2.